The highest BCUT2D eigenvalue weighted by molar-refractivity contribution is 5.81. The molecule has 1 amide bonds. The van der Waals surface area contributed by atoms with E-state index in [4.69, 9.17) is 9.47 Å². The SMILES string of the molecule is Cc1ccc(C)c(OCC(=O)OCC(=O)NC2(C#N)CCCC2)c1. The second-order valence-electron chi connectivity index (χ2n) is 6.17. The van der Waals surface area contributed by atoms with Crippen LogP contribution in [0.15, 0.2) is 18.2 Å². The number of nitrogens with zero attached hydrogens (tertiary/aromatic N) is 1. The summed E-state index contributed by atoms with van der Waals surface area (Å²) in [6, 6.07) is 7.86. The lowest BCUT2D eigenvalue weighted by molar-refractivity contribution is -0.150. The molecule has 1 aliphatic rings. The third kappa shape index (κ3) is 4.72. The number of amides is 1. The second kappa shape index (κ2) is 7.82. The first-order valence-corrected chi connectivity index (χ1v) is 8.02. The van der Waals surface area contributed by atoms with Crippen molar-refractivity contribution in [2.24, 2.45) is 0 Å². The van der Waals surface area contributed by atoms with E-state index in [1.165, 1.54) is 0 Å². The number of hydrogen-bond donors (Lipinski definition) is 1. The normalized spacial score (nSPS) is 15.4. The van der Waals surface area contributed by atoms with Crippen LogP contribution < -0.4 is 10.1 Å². The average Bonchev–Trinajstić information content (AvgIpc) is 3.02. The van der Waals surface area contributed by atoms with E-state index in [2.05, 4.69) is 11.4 Å². The van der Waals surface area contributed by atoms with Crippen LogP contribution >= 0.6 is 0 Å². The predicted octanol–water partition coefficient (Wildman–Crippen LogP) is 2.18. The Morgan fingerprint density at radius 2 is 1.96 bits per heavy atom. The molecule has 0 aliphatic heterocycles. The summed E-state index contributed by atoms with van der Waals surface area (Å²) in [4.78, 5) is 23.6. The van der Waals surface area contributed by atoms with Crippen molar-refractivity contribution in [3.8, 4) is 11.8 Å². The Labute approximate surface area is 141 Å². The first-order valence-electron chi connectivity index (χ1n) is 8.02. The number of hydrogen-bond acceptors (Lipinski definition) is 5. The summed E-state index contributed by atoms with van der Waals surface area (Å²) >= 11 is 0. The van der Waals surface area contributed by atoms with Gasteiger partial charge in [0.1, 0.15) is 11.3 Å². The smallest absolute Gasteiger partial charge is 0.344 e. The van der Waals surface area contributed by atoms with Gasteiger partial charge in [-0.05, 0) is 56.7 Å². The summed E-state index contributed by atoms with van der Waals surface area (Å²) in [5.74, 6) is -0.465. The number of aryl methyl sites for hydroxylation is 2. The highest BCUT2D eigenvalue weighted by Crippen LogP contribution is 2.28. The van der Waals surface area contributed by atoms with Crippen molar-refractivity contribution in [3.05, 3.63) is 29.3 Å². The van der Waals surface area contributed by atoms with Crippen LogP contribution in [-0.4, -0.2) is 30.6 Å². The Morgan fingerprint density at radius 1 is 1.25 bits per heavy atom. The highest BCUT2D eigenvalue weighted by atomic mass is 16.6. The zero-order chi connectivity index (χ0) is 17.6. The molecule has 1 aromatic rings. The van der Waals surface area contributed by atoms with Gasteiger partial charge in [-0.3, -0.25) is 4.79 Å². The van der Waals surface area contributed by atoms with E-state index in [0.717, 1.165) is 24.0 Å². The van der Waals surface area contributed by atoms with Gasteiger partial charge in [-0.2, -0.15) is 5.26 Å². The minimum absolute atomic E-state index is 0.263. The number of rotatable bonds is 6. The van der Waals surface area contributed by atoms with Gasteiger partial charge in [-0.1, -0.05) is 12.1 Å². The van der Waals surface area contributed by atoms with Crippen LogP contribution in [0, 0.1) is 25.2 Å². The molecule has 1 N–H and O–H groups in total. The molecule has 24 heavy (non-hydrogen) atoms. The third-order valence-electron chi connectivity index (χ3n) is 4.10. The predicted molar refractivity (Wildman–Crippen MR) is 87.3 cm³/mol. The van der Waals surface area contributed by atoms with Crippen molar-refractivity contribution in [3.63, 3.8) is 0 Å². The lowest BCUT2D eigenvalue weighted by atomic mass is 10.00. The number of carbonyl (C=O) groups excluding carboxylic acids is 2. The highest BCUT2D eigenvalue weighted by Gasteiger charge is 2.35. The molecule has 0 heterocycles. The summed E-state index contributed by atoms with van der Waals surface area (Å²) < 4.78 is 10.3. The van der Waals surface area contributed by atoms with Crippen molar-refractivity contribution in [1.29, 1.82) is 5.26 Å². The number of ether oxygens (including phenoxy) is 2. The quantitative estimate of drug-likeness (QED) is 0.808. The number of nitrogens with one attached hydrogen (secondary N) is 1. The van der Waals surface area contributed by atoms with E-state index >= 15 is 0 Å². The molecular formula is C18H22N2O4. The van der Waals surface area contributed by atoms with Gasteiger partial charge in [0.15, 0.2) is 13.2 Å². The van der Waals surface area contributed by atoms with Crippen LogP contribution in [0.5, 0.6) is 5.75 Å². The Morgan fingerprint density at radius 3 is 2.62 bits per heavy atom. The van der Waals surface area contributed by atoms with Gasteiger partial charge in [0.2, 0.25) is 0 Å². The summed E-state index contributed by atoms with van der Waals surface area (Å²) in [6.07, 6.45) is 3.10. The van der Waals surface area contributed by atoms with E-state index in [9.17, 15) is 14.9 Å². The Hall–Kier alpha value is -2.55. The van der Waals surface area contributed by atoms with E-state index in [1.54, 1.807) is 0 Å². The molecule has 1 fully saturated rings. The molecule has 0 radical (unpaired) electrons. The minimum atomic E-state index is -0.807. The van der Waals surface area contributed by atoms with Crippen LogP contribution in [0.4, 0.5) is 0 Å². The molecule has 0 aromatic heterocycles. The van der Waals surface area contributed by atoms with Gasteiger partial charge in [0, 0.05) is 0 Å². The van der Waals surface area contributed by atoms with Gasteiger partial charge < -0.3 is 14.8 Å². The molecule has 2 rings (SSSR count). The van der Waals surface area contributed by atoms with Crippen LogP contribution in [0.3, 0.4) is 0 Å². The molecule has 0 atom stereocenters. The molecule has 1 saturated carbocycles. The molecular weight excluding hydrogens is 308 g/mol. The number of carbonyl (C=O) groups is 2. The molecule has 0 spiro atoms. The van der Waals surface area contributed by atoms with Crippen LogP contribution in [0.25, 0.3) is 0 Å². The maximum Gasteiger partial charge on any atom is 0.344 e. The second-order valence-corrected chi connectivity index (χ2v) is 6.17. The van der Waals surface area contributed by atoms with E-state index in [0.29, 0.717) is 18.6 Å². The standard InChI is InChI=1S/C18H22N2O4/c1-13-5-6-14(2)15(9-13)23-11-17(22)24-10-16(21)20-18(12-19)7-3-4-8-18/h5-6,9H,3-4,7-8,10-11H2,1-2H3,(H,20,21). The summed E-state index contributed by atoms with van der Waals surface area (Å²) in [5.41, 5.74) is 1.14. The molecule has 1 aromatic carbocycles. The Bertz CT molecular complexity index is 657. The number of benzene rings is 1. The molecule has 6 nitrogen and oxygen atoms in total. The fraction of sp³-hybridized carbons (Fsp3) is 0.500. The molecule has 1 aliphatic carbocycles. The topological polar surface area (TPSA) is 88.4 Å². The first kappa shape index (κ1) is 17.8. The maximum atomic E-state index is 11.9. The molecule has 6 heteroatoms. The summed E-state index contributed by atoms with van der Waals surface area (Å²) in [7, 11) is 0. The summed E-state index contributed by atoms with van der Waals surface area (Å²) in [6.45, 7) is 3.15. The fourth-order valence-corrected chi connectivity index (χ4v) is 2.73. The van der Waals surface area contributed by atoms with Crippen LogP contribution in [-0.2, 0) is 14.3 Å². The number of esters is 1. The lowest BCUT2D eigenvalue weighted by Crippen LogP contribution is -2.46. The van der Waals surface area contributed by atoms with Gasteiger partial charge in [0.05, 0.1) is 6.07 Å². The minimum Gasteiger partial charge on any atom is -0.482 e. The summed E-state index contributed by atoms with van der Waals surface area (Å²) in [5, 5.41) is 11.9. The fourth-order valence-electron chi connectivity index (χ4n) is 2.73. The van der Waals surface area contributed by atoms with Gasteiger partial charge in [0.25, 0.3) is 5.91 Å². The van der Waals surface area contributed by atoms with Crippen molar-refractivity contribution in [2.45, 2.75) is 45.1 Å². The molecule has 128 valence electrons. The van der Waals surface area contributed by atoms with E-state index in [-0.39, 0.29) is 6.61 Å². The van der Waals surface area contributed by atoms with Crippen molar-refractivity contribution in [1.82, 2.24) is 5.32 Å². The zero-order valence-corrected chi connectivity index (χ0v) is 14.1. The molecule has 0 unspecified atom stereocenters. The van der Waals surface area contributed by atoms with Gasteiger partial charge in [-0.15, -0.1) is 0 Å². The number of nitriles is 1. The van der Waals surface area contributed by atoms with E-state index < -0.39 is 24.0 Å². The van der Waals surface area contributed by atoms with Crippen LogP contribution in [0.2, 0.25) is 0 Å². The lowest BCUT2D eigenvalue weighted by Gasteiger charge is -2.21. The van der Waals surface area contributed by atoms with Crippen LogP contribution in [0.1, 0.15) is 36.8 Å². The molecule has 0 saturated heterocycles. The largest absolute Gasteiger partial charge is 0.482 e. The van der Waals surface area contributed by atoms with Crippen molar-refractivity contribution >= 4 is 11.9 Å². The Kier molecular flexibility index (Phi) is 5.80. The average molecular weight is 330 g/mol. The maximum absolute atomic E-state index is 11.9. The Balaban J connectivity index is 1.76. The van der Waals surface area contributed by atoms with E-state index in [1.807, 2.05) is 32.0 Å². The zero-order valence-electron chi connectivity index (χ0n) is 14.1. The van der Waals surface area contributed by atoms with Gasteiger partial charge >= 0.3 is 5.97 Å². The molecule has 0 bridgehead atoms. The first-order chi connectivity index (χ1) is 11.4. The van der Waals surface area contributed by atoms with Crippen molar-refractivity contribution in [2.75, 3.05) is 13.2 Å². The van der Waals surface area contributed by atoms with Crippen molar-refractivity contribution < 1.29 is 19.1 Å². The third-order valence-corrected chi connectivity index (χ3v) is 4.10. The van der Waals surface area contributed by atoms with Gasteiger partial charge in [-0.25, -0.2) is 4.79 Å². The monoisotopic (exact) mass is 330 g/mol.